The minimum atomic E-state index is 0.821. The molecular weight excluding hydrogens is 178 g/mol. The Hall–Kier alpha value is -1.07. The normalized spacial score (nSPS) is 8.77. The Kier molecular flexibility index (Phi) is 4.28. The predicted molar refractivity (Wildman–Crippen MR) is 61.3 cm³/mol. The third-order valence-electron chi connectivity index (χ3n) is 1.64. The number of anilines is 1. The summed E-state index contributed by atoms with van der Waals surface area (Å²) in [4.78, 5) is 0. The van der Waals surface area contributed by atoms with Gasteiger partial charge in [0.25, 0.3) is 0 Å². The maximum absolute atomic E-state index is 4.09. The molecule has 0 aliphatic rings. The largest absolute Gasteiger partial charge is 0.388 e. The molecule has 0 bridgehead atoms. The number of thiol groups is 1. The molecule has 1 nitrogen and oxygen atoms in total. The molecule has 0 unspecified atom stereocenters. The van der Waals surface area contributed by atoms with E-state index in [4.69, 9.17) is 0 Å². The van der Waals surface area contributed by atoms with Crippen molar-refractivity contribution >= 4 is 18.3 Å². The van der Waals surface area contributed by atoms with Gasteiger partial charge >= 0.3 is 0 Å². The van der Waals surface area contributed by atoms with Gasteiger partial charge in [-0.25, -0.2) is 0 Å². The highest BCUT2D eigenvalue weighted by atomic mass is 32.1. The number of rotatable bonds is 2. The first-order valence-electron chi connectivity index (χ1n) is 4.24. The zero-order valence-corrected chi connectivity index (χ0v) is 8.57. The molecule has 1 aromatic rings. The Morgan fingerprint density at radius 3 is 2.54 bits per heavy atom. The monoisotopic (exact) mass is 191 g/mol. The van der Waals surface area contributed by atoms with Crippen LogP contribution in [-0.4, -0.2) is 12.8 Å². The molecule has 13 heavy (non-hydrogen) atoms. The lowest BCUT2D eigenvalue weighted by molar-refractivity contribution is 1.31. The van der Waals surface area contributed by atoms with Gasteiger partial charge in [-0.15, -0.1) is 0 Å². The lowest BCUT2D eigenvalue weighted by atomic mass is 10.2. The van der Waals surface area contributed by atoms with Gasteiger partial charge < -0.3 is 5.32 Å². The molecule has 2 heteroatoms. The first-order chi connectivity index (χ1) is 6.36. The van der Waals surface area contributed by atoms with E-state index in [0.717, 1.165) is 23.4 Å². The average Bonchev–Trinajstić information content (AvgIpc) is 2.19. The second-order valence-electron chi connectivity index (χ2n) is 2.60. The van der Waals surface area contributed by atoms with Crippen molar-refractivity contribution in [1.82, 2.24) is 0 Å². The molecule has 0 spiro atoms. The van der Waals surface area contributed by atoms with Crippen LogP contribution in [0.4, 0.5) is 5.69 Å². The van der Waals surface area contributed by atoms with Crippen molar-refractivity contribution in [2.75, 3.05) is 18.1 Å². The van der Waals surface area contributed by atoms with Crippen LogP contribution >= 0.6 is 12.6 Å². The molecule has 0 atom stereocenters. The summed E-state index contributed by atoms with van der Waals surface area (Å²) in [5.74, 6) is 6.93. The molecule has 1 N–H and O–H groups in total. The molecular formula is C11H13NS. The van der Waals surface area contributed by atoms with Crippen molar-refractivity contribution in [1.29, 1.82) is 0 Å². The first-order valence-corrected chi connectivity index (χ1v) is 4.87. The first kappa shape index (κ1) is 10.0. The van der Waals surface area contributed by atoms with Gasteiger partial charge in [0, 0.05) is 30.5 Å². The van der Waals surface area contributed by atoms with Gasteiger partial charge in [0.15, 0.2) is 0 Å². The fourth-order valence-corrected chi connectivity index (χ4v) is 1.05. The fraction of sp³-hybridized carbons (Fsp3) is 0.273. The topological polar surface area (TPSA) is 12.0 Å². The van der Waals surface area contributed by atoms with Crippen molar-refractivity contribution in [2.24, 2.45) is 0 Å². The average molecular weight is 191 g/mol. The van der Waals surface area contributed by atoms with Gasteiger partial charge in [0.1, 0.15) is 0 Å². The highest BCUT2D eigenvalue weighted by Crippen LogP contribution is 2.07. The Labute approximate surface area is 85.0 Å². The number of hydrogen-bond acceptors (Lipinski definition) is 2. The minimum Gasteiger partial charge on any atom is -0.388 e. The van der Waals surface area contributed by atoms with Crippen molar-refractivity contribution < 1.29 is 0 Å². The van der Waals surface area contributed by atoms with Gasteiger partial charge in [-0.2, -0.15) is 12.6 Å². The fourth-order valence-electron chi connectivity index (χ4n) is 0.941. The summed E-state index contributed by atoms with van der Waals surface area (Å²) in [6.45, 7) is 0. The summed E-state index contributed by atoms with van der Waals surface area (Å²) in [7, 11) is 1.90. The number of hydrogen-bond donors (Lipinski definition) is 2. The zero-order chi connectivity index (χ0) is 9.52. The van der Waals surface area contributed by atoms with Crippen LogP contribution in [0.5, 0.6) is 0 Å². The standard InChI is InChI=1S/C11H13NS/c1-12-11-7-5-10(6-8-11)4-2-3-9-13/h5-8,12-13H,3,9H2,1H3. The molecule has 68 valence electrons. The lowest BCUT2D eigenvalue weighted by Crippen LogP contribution is -1.86. The SMILES string of the molecule is CNc1ccc(C#CCCS)cc1. The lowest BCUT2D eigenvalue weighted by Gasteiger charge is -1.97. The van der Waals surface area contributed by atoms with Gasteiger partial charge in [0.2, 0.25) is 0 Å². The summed E-state index contributed by atoms with van der Waals surface area (Å²) in [5, 5.41) is 3.06. The van der Waals surface area contributed by atoms with Crippen LogP contribution < -0.4 is 5.32 Å². The molecule has 0 amide bonds. The van der Waals surface area contributed by atoms with Gasteiger partial charge in [-0.1, -0.05) is 11.8 Å². The Balaban J connectivity index is 2.65. The summed E-state index contributed by atoms with van der Waals surface area (Å²) in [6, 6.07) is 8.06. The summed E-state index contributed by atoms with van der Waals surface area (Å²) < 4.78 is 0. The van der Waals surface area contributed by atoms with E-state index in [2.05, 4.69) is 29.8 Å². The van der Waals surface area contributed by atoms with Gasteiger partial charge in [0.05, 0.1) is 0 Å². The van der Waals surface area contributed by atoms with Crippen LogP contribution in [0.2, 0.25) is 0 Å². The van der Waals surface area contributed by atoms with Crippen molar-refractivity contribution in [3.63, 3.8) is 0 Å². The van der Waals surface area contributed by atoms with Crippen LogP contribution in [0.25, 0.3) is 0 Å². The Morgan fingerprint density at radius 2 is 2.00 bits per heavy atom. The Bertz CT molecular complexity index is 305. The third-order valence-corrected chi connectivity index (χ3v) is 1.87. The molecule has 0 aliphatic heterocycles. The van der Waals surface area contributed by atoms with E-state index < -0.39 is 0 Å². The molecule has 0 heterocycles. The van der Waals surface area contributed by atoms with Crippen LogP contribution in [0.3, 0.4) is 0 Å². The third kappa shape index (κ3) is 3.43. The molecule has 0 saturated heterocycles. The maximum Gasteiger partial charge on any atom is 0.0338 e. The van der Waals surface area contributed by atoms with E-state index in [1.807, 2.05) is 31.3 Å². The van der Waals surface area contributed by atoms with E-state index in [1.165, 1.54) is 0 Å². The second kappa shape index (κ2) is 5.55. The molecule has 0 radical (unpaired) electrons. The quantitative estimate of drug-likeness (QED) is 0.540. The number of nitrogens with one attached hydrogen (secondary N) is 1. The van der Waals surface area contributed by atoms with Crippen LogP contribution in [0, 0.1) is 11.8 Å². The molecule has 0 aliphatic carbocycles. The number of benzene rings is 1. The minimum absolute atomic E-state index is 0.821. The van der Waals surface area contributed by atoms with E-state index in [1.54, 1.807) is 0 Å². The molecule has 0 saturated carbocycles. The molecule has 1 aromatic carbocycles. The van der Waals surface area contributed by atoms with Gasteiger partial charge in [-0.3, -0.25) is 0 Å². The van der Waals surface area contributed by atoms with Crippen molar-refractivity contribution in [3.05, 3.63) is 29.8 Å². The zero-order valence-electron chi connectivity index (χ0n) is 7.67. The van der Waals surface area contributed by atoms with Crippen LogP contribution in [0.1, 0.15) is 12.0 Å². The highest BCUT2D eigenvalue weighted by Gasteiger charge is 1.87. The summed E-state index contributed by atoms with van der Waals surface area (Å²) >= 11 is 4.09. The Morgan fingerprint density at radius 1 is 1.31 bits per heavy atom. The second-order valence-corrected chi connectivity index (χ2v) is 3.05. The van der Waals surface area contributed by atoms with Crippen molar-refractivity contribution in [3.8, 4) is 11.8 Å². The molecule has 0 fully saturated rings. The molecule has 1 rings (SSSR count). The smallest absolute Gasteiger partial charge is 0.0338 e. The van der Waals surface area contributed by atoms with E-state index >= 15 is 0 Å². The van der Waals surface area contributed by atoms with Crippen molar-refractivity contribution in [2.45, 2.75) is 6.42 Å². The highest BCUT2D eigenvalue weighted by molar-refractivity contribution is 7.80. The van der Waals surface area contributed by atoms with Crippen LogP contribution in [-0.2, 0) is 0 Å². The van der Waals surface area contributed by atoms with E-state index in [9.17, 15) is 0 Å². The predicted octanol–water partition coefficient (Wildman–Crippen LogP) is 2.40. The van der Waals surface area contributed by atoms with Gasteiger partial charge in [-0.05, 0) is 24.3 Å². The van der Waals surface area contributed by atoms with Crippen LogP contribution in [0.15, 0.2) is 24.3 Å². The summed E-state index contributed by atoms with van der Waals surface area (Å²) in [6.07, 6.45) is 0.844. The van der Waals surface area contributed by atoms with E-state index in [0.29, 0.717) is 0 Å². The maximum atomic E-state index is 4.09. The molecule has 0 aromatic heterocycles. The van der Waals surface area contributed by atoms with E-state index in [-0.39, 0.29) is 0 Å². The summed E-state index contributed by atoms with van der Waals surface area (Å²) in [5.41, 5.74) is 2.17.